The Hall–Kier alpha value is -0.353. The summed E-state index contributed by atoms with van der Waals surface area (Å²) < 4.78 is 2.64. The summed E-state index contributed by atoms with van der Waals surface area (Å²) in [6.07, 6.45) is 0. The van der Waals surface area contributed by atoms with E-state index >= 15 is 0 Å². The highest BCUT2D eigenvalue weighted by atomic mass is 35.5. The van der Waals surface area contributed by atoms with E-state index in [-0.39, 0.29) is 0 Å². The van der Waals surface area contributed by atoms with Gasteiger partial charge in [0.2, 0.25) is 0 Å². The van der Waals surface area contributed by atoms with Crippen LogP contribution in [-0.2, 0) is 6.54 Å². The Morgan fingerprint density at radius 1 is 1.06 bits per heavy atom. The van der Waals surface area contributed by atoms with Crippen molar-refractivity contribution in [1.82, 2.24) is 9.47 Å². The lowest BCUT2D eigenvalue weighted by Crippen LogP contribution is -2.58. The second-order valence-corrected chi connectivity index (χ2v) is 11.0. The van der Waals surface area contributed by atoms with Gasteiger partial charge in [0.25, 0.3) is 0 Å². The first-order valence-corrected chi connectivity index (χ1v) is 10.4. The summed E-state index contributed by atoms with van der Waals surface area (Å²) in [6.45, 7) is 10.5. The molecule has 2 nitrogen and oxygen atoms in total. The Morgan fingerprint density at radius 3 is 2.22 bits per heavy atom. The molecule has 0 bridgehead atoms. The van der Waals surface area contributed by atoms with Crippen molar-refractivity contribution in [3.63, 3.8) is 0 Å². The predicted molar refractivity (Wildman–Crippen MR) is 81.5 cm³/mol. The molecule has 1 aromatic carbocycles. The molecule has 0 atom stereocenters. The van der Waals surface area contributed by atoms with Gasteiger partial charge in [-0.05, 0) is 5.56 Å². The molecule has 0 spiro atoms. The second-order valence-electron chi connectivity index (χ2n) is 5.69. The number of hydrogen-bond donors (Lipinski definition) is 0. The van der Waals surface area contributed by atoms with E-state index in [0.29, 0.717) is 0 Å². The van der Waals surface area contributed by atoms with Crippen LogP contribution in [0.4, 0.5) is 0 Å². The molecule has 100 valence electrons. The van der Waals surface area contributed by atoms with Gasteiger partial charge in [-0.15, -0.1) is 11.6 Å². The van der Waals surface area contributed by atoms with E-state index in [1.54, 1.807) is 0 Å². The quantitative estimate of drug-likeness (QED) is 0.619. The molecule has 1 aromatic rings. The first-order valence-electron chi connectivity index (χ1n) is 6.69. The number of rotatable bonds is 4. The van der Waals surface area contributed by atoms with Gasteiger partial charge in [0.05, 0.1) is 0 Å². The lowest BCUT2D eigenvalue weighted by atomic mass is 10.2. The number of benzene rings is 1. The van der Waals surface area contributed by atoms with Crippen molar-refractivity contribution in [2.45, 2.75) is 19.6 Å². The zero-order valence-electron chi connectivity index (χ0n) is 11.4. The van der Waals surface area contributed by atoms with Gasteiger partial charge in [-0.2, -0.15) is 0 Å². The molecule has 0 unspecified atom stereocenters. The van der Waals surface area contributed by atoms with Crippen molar-refractivity contribution >= 4 is 19.8 Å². The topological polar surface area (TPSA) is 6.48 Å². The zero-order chi connectivity index (χ0) is 13.0. The molecule has 0 radical (unpaired) electrons. The largest absolute Gasteiger partial charge is 0.320 e. The van der Waals surface area contributed by atoms with Gasteiger partial charge in [0.1, 0.15) is 8.24 Å². The molecule has 0 N–H and O–H groups in total. The molecule has 2 rings (SSSR count). The van der Waals surface area contributed by atoms with Crippen LogP contribution in [0.3, 0.4) is 0 Å². The van der Waals surface area contributed by atoms with Gasteiger partial charge in [0.15, 0.2) is 0 Å². The van der Waals surface area contributed by atoms with E-state index in [4.69, 9.17) is 11.6 Å². The molecule has 1 heterocycles. The number of piperazine rings is 1. The molecule has 1 saturated heterocycles. The van der Waals surface area contributed by atoms with E-state index in [1.807, 2.05) is 0 Å². The van der Waals surface area contributed by atoms with Crippen LogP contribution in [0.2, 0.25) is 13.1 Å². The minimum absolute atomic E-state index is 0.839. The van der Waals surface area contributed by atoms with Crippen LogP contribution >= 0.6 is 11.6 Å². The molecule has 4 heteroatoms. The van der Waals surface area contributed by atoms with Crippen LogP contribution in [0.15, 0.2) is 30.3 Å². The maximum absolute atomic E-state index is 6.10. The predicted octanol–water partition coefficient (Wildman–Crippen LogP) is 2.79. The molecular weight excluding hydrogens is 260 g/mol. The Labute approximate surface area is 117 Å². The highest BCUT2D eigenvalue weighted by Crippen LogP contribution is 2.16. The van der Waals surface area contributed by atoms with E-state index < -0.39 is 8.24 Å². The average Bonchev–Trinajstić information content (AvgIpc) is 2.40. The fourth-order valence-electron chi connectivity index (χ4n) is 2.44. The van der Waals surface area contributed by atoms with E-state index in [1.165, 1.54) is 31.7 Å². The molecule has 0 amide bonds. The van der Waals surface area contributed by atoms with Crippen LogP contribution in [-0.4, -0.2) is 49.4 Å². The Bertz CT molecular complexity index is 361. The summed E-state index contributed by atoms with van der Waals surface area (Å²) in [7, 11) is -1.33. The van der Waals surface area contributed by atoms with Crippen LogP contribution in [0.1, 0.15) is 5.56 Å². The van der Waals surface area contributed by atoms with Crippen LogP contribution < -0.4 is 0 Å². The number of halogens is 1. The van der Waals surface area contributed by atoms with Crippen molar-refractivity contribution in [3.05, 3.63) is 35.9 Å². The Kier molecular flexibility index (Phi) is 4.84. The lowest BCUT2D eigenvalue weighted by Gasteiger charge is -2.42. The summed E-state index contributed by atoms with van der Waals surface area (Å²) in [5, 5.41) is 0. The van der Waals surface area contributed by atoms with Gasteiger partial charge in [-0.3, -0.25) is 4.90 Å². The molecule has 0 aliphatic carbocycles. The highest BCUT2D eigenvalue weighted by Gasteiger charge is 2.31. The van der Waals surface area contributed by atoms with Gasteiger partial charge < -0.3 is 4.57 Å². The van der Waals surface area contributed by atoms with Crippen LogP contribution in [0.25, 0.3) is 0 Å². The van der Waals surface area contributed by atoms with E-state index in [2.05, 4.69) is 52.9 Å². The third-order valence-electron chi connectivity index (χ3n) is 3.80. The van der Waals surface area contributed by atoms with Crippen molar-refractivity contribution in [1.29, 1.82) is 0 Å². The molecule has 1 fully saturated rings. The monoisotopic (exact) mass is 282 g/mol. The normalized spacial score (nSPS) is 19.1. The van der Waals surface area contributed by atoms with E-state index in [0.717, 1.165) is 12.0 Å². The minimum atomic E-state index is -1.33. The molecule has 1 aliphatic rings. The van der Waals surface area contributed by atoms with Crippen molar-refractivity contribution in [3.8, 4) is 0 Å². The first-order chi connectivity index (χ1) is 8.62. The summed E-state index contributed by atoms with van der Waals surface area (Å²) in [5.41, 5.74) is 2.26. The molecule has 1 aliphatic heterocycles. The molecule has 0 saturated carbocycles. The summed E-state index contributed by atoms with van der Waals surface area (Å²) in [5.74, 6) is 0. The van der Waals surface area contributed by atoms with Crippen molar-refractivity contribution < 1.29 is 0 Å². The minimum Gasteiger partial charge on any atom is -0.320 e. The highest BCUT2D eigenvalue weighted by molar-refractivity contribution is 6.80. The van der Waals surface area contributed by atoms with E-state index in [9.17, 15) is 0 Å². The number of alkyl halides is 1. The van der Waals surface area contributed by atoms with Gasteiger partial charge >= 0.3 is 0 Å². The van der Waals surface area contributed by atoms with Gasteiger partial charge in [-0.1, -0.05) is 43.4 Å². The maximum Gasteiger partial charge on any atom is 0.137 e. The van der Waals surface area contributed by atoms with Gasteiger partial charge in [-0.25, -0.2) is 0 Å². The summed E-state index contributed by atoms with van der Waals surface area (Å²) >= 11 is 6.10. The third kappa shape index (κ3) is 3.57. The summed E-state index contributed by atoms with van der Waals surface area (Å²) in [6, 6.07) is 10.7. The summed E-state index contributed by atoms with van der Waals surface area (Å²) in [4.78, 5) is 2.55. The Balaban J connectivity index is 1.84. The fourth-order valence-corrected chi connectivity index (χ4v) is 4.52. The standard InChI is InChI=1S/C14H23ClN2Si/c1-18(2,13-15)17-10-8-16(9-11-17)12-14-6-4-3-5-7-14/h3-7H,8-13H2,1-2H3. The van der Waals surface area contributed by atoms with Crippen molar-refractivity contribution in [2.24, 2.45) is 0 Å². The Morgan fingerprint density at radius 2 is 1.67 bits per heavy atom. The lowest BCUT2D eigenvalue weighted by molar-refractivity contribution is 0.177. The SMILES string of the molecule is C[Si](C)(CCl)N1CCN(Cc2ccccc2)CC1. The van der Waals surface area contributed by atoms with Crippen LogP contribution in [0, 0.1) is 0 Å². The maximum atomic E-state index is 6.10. The molecular formula is C14H23ClN2Si. The first kappa shape index (κ1) is 14.1. The molecule has 18 heavy (non-hydrogen) atoms. The number of nitrogens with zero attached hydrogens (tertiary/aromatic N) is 2. The fraction of sp³-hybridized carbons (Fsp3) is 0.571. The van der Waals surface area contributed by atoms with Crippen LogP contribution in [0.5, 0.6) is 0 Å². The van der Waals surface area contributed by atoms with Crippen molar-refractivity contribution in [2.75, 3.05) is 31.7 Å². The zero-order valence-corrected chi connectivity index (χ0v) is 13.2. The number of hydrogen-bond acceptors (Lipinski definition) is 2. The molecule has 0 aromatic heterocycles. The smallest absolute Gasteiger partial charge is 0.137 e. The third-order valence-corrected chi connectivity index (χ3v) is 8.58. The second kappa shape index (κ2) is 6.20. The average molecular weight is 283 g/mol. The van der Waals surface area contributed by atoms with Gasteiger partial charge in [0, 0.05) is 38.2 Å².